The standard InChI is InChI=1S/C20H22N4O4/c21-11-15-9-20(22-19-2-1-16(24(25)26)10-18(15)19)23-6-3-17(4-7-23)28-13-14-5-8-27-12-14/h1-2,9-10,14,17H,3-8,12-13H2. The molecule has 2 aromatic rings. The summed E-state index contributed by atoms with van der Waals surface area (Å²) in [5.74, 6) is 1.25. The van der Waals surface area contributed by atoms with Crippen LogP contribution in [-0.4, -0.2) is 48.9 Å². The van der Waals surface area contributed by atoms with Gasteiger partial charge in [0.15, 0.2) is 0 Å². The van der Waals surface area contributed by atoms with Crippen LogP contribution in [0.2, 0.25) is 0 Å². The number of benzene rings is 1. The normalized spacial score (nSPS) is 20.4. The van der Waals surface area contributed by atoms with Crippen LogP contribution in [-0.2, 0) is 9.47 Å². The van der Waals surface area contributed by atoms with Crippen LogP contribution in [0.25, 0.3) is 10.9 Å². The lowest BCUT2D eigenvalue weighted by Gasteiger charge is -2.33. The Morgan fingerprint density at radius 1 is 1.32 bits per heavy atom. The van der Waals surface area contributed by atoms with E-state index in [0.717, 1.165) is 58.0 Å². The van der Waals surface area contributed by atoms with Crippen LogP contribution in [0.15, 0.2) is 24.3 Å². The number of anilines is 1. The summed E-state index contributed by atoms with van der Waals surface area (Å²) in [6.07, 6.45) is 3.15. The van der Waals surface area contributed by atoms with E-state index >= 15 is 0 Å². The van der Waals surface area contributed by atoms with Crippen molar-refractivity contribution in [3.8, 4) is 6.07 Å². The van der Waals surface area contributed by atoms with Crippen molar-refractivity contribution in [2.45, 2.75) is 25.4 Å². The van der Waals surface area contributed by atoms with Gasteiger partial charge in [-0.2, -0.15) is 5.26 Å². The van der Waals surface area contributed by atoms with E-state index in [1.54, 1.807) is 12.1 Å². The molecule has 1 aromatic carbocycles. The van der Waals surface area contributed by atoms with Gasteiger partial charge in [0, 0.05) is 43.1 Å². The summed E-state index contributed by atoms with van der Waals surface area (Å²) in [6.45, 7) is 4.01. The van der Waals surface area contributed by atoms with Crippen LogP contribution in [0.5, 0.6) is 0 Å². The predicted octanol–water partition coefficient (Wildman–Crippen LogP) is 3.04. The van der Waals surface area contributed by atoms with Gasteiger partial charge in [0.2, 0.25) is 0 Å². The molecule has 1 unspecified atom stereocenters. The number of nitro groups is 1. The predicted molar refractivity (Wildman–Crippen MR) is 103 cm³/mol. The topological polar surface area (TPSA) is 102 Å². The molecule has 1 atom stereocenters. The zero-order chi connectivity index (χ0) is 19.5. The Morgan fingerprint density at radius 3 is 2.82 bits per heavy atom. The first-order valence-corrected chi connectivity index (χ1v) is 9.57. The summed E-state index contributed by atoms with van der Waals surface area (Å²) in [5.41, 5.74) is 0.965. The van der Waals surface area contributed by atoms with Crippen molar-refractivity contribution in [1.82, 2.24) is 4.98 Å². The Kier molecular flexibility index (Phi) is 5.37. The summed E-state index contributed by atoms with van der Waals surface area (Å²) in [7, 11) is 0. The molecule has 2 aliphatic heterocycles. The number of nitriles is 1. The minimum absolute atomic E-state index is 0.0378. The molecule has 0 N–H and O–H groups in total. The van der Waals surface area contributed by atoms with Gasteiger partial charge in [0.05, 0.1) is 41.4 Å². The highest BCUT2D eigenvalue weighted by molar-refractivity contribution is 5.88. The van der Waals surface area contributed by atoms with Gasteiger partial charge in [-0.05, 0) is 31.4 Å². The SMILES string of the molecule is N#Cc1cc(N2CCC(OCC3CCOC3)CC2)nc2ccc([N+](=O)[O-])cc12. The van der Waals surface area contributed by atoms with Crippen LogP contribution in [0.1, 0.15) is 24.8 Å². The van der Waals surface area contributed by atoms with Crippen LogP contribution < -0.4 is 4.90 Å². The van der Waals surface area contributed by atoms with Crippen molar-refractivity contribution < 1.29 is 14.4 Å². The molecule has 2 fully saturated rings. The number of pyridine rings is 1. The van der Waals surface area contributed by atoms with Crippen molar-refractivity contribution in [2.24, 2.45) is 5.92 Å². The second-order valence-electron chi connectivity index (χ2n) is 7.35. The molecule has 8 nitrogen and oxygen atoms in total. The summed E-state index contributed by atoms with van der Waals surface area (Å²) in [6, 6.07) is 8.32. The average Bonchev–Trinajstić information content (AvgIpc) is 3.25. The Morgan fingerprint density at radius 2 is 2.14 bits per heavy atom. The van der Waals surface area contributed by atoms with Crippen molar-refractivity contribution in [1.29, 1.82) is 5.26 Å². The fraction of sp³-hybridized carbons (Fsp3) is 0.500. The summed E-state index contributed by atoms with van der Waals surface area (Å²) < 4.78 is 11.4. The lowest BCUT2D eigenvalue weighted by Crippen LogP contribution is -2.38. The molecule has 3 heterocycles. The minimum Gasteiger partial charge on any atom is -0.381 e. The molecule has 0 spiro atoms. The first kappa shape index (κ1) is 18.6. The second-order valence-corrected chi connectivity index (χ2v) is 7.35. The van der Waals surface area contributed by atoms with E-state index < -0.39 is 4.92 Å². The Hall–Kier alpha value is -2.76. The highest BCUT2D eigenvalue weighted by Crippen LogP contribution is 2.28. The van der Waals surface area contributed by atoms with Crippen molar-refractivity contribution in [3.05, 3.63) is 39.9 Å². The molecule has 4 rings (SSSR count). The zero-order valence-electron chi connectivity index (χ0n) is 15.5. The third kappa shape index (κ3) is 3.91. The molecule has 0 amide bonds. The number of fused-ring (bicyclic) bond motifs is 1. The average molecular weight is 382 g/mol. The van der Waals surface area contributed by atoms with E-state index in [0.29, 0.717) is 22.4 Å². The molecular weight excluding hydrogens is 360 g/mol. The highest BCUT2D eigenvalue weighted by Gasteiger charge is 2.24. The largest absolute Gasteiger partial charge is 0.381 e. The molecule has 2 saturated heterocycles. The number of rotatable bonds is 5. The smallest absolute Gasteiger partial charge is 0.270 e. The van der Waals surface area contributed by atoms with E-state index in [4.69, 9.17) is 9.47 Å². The lowest BCUT2D eigenvalue weighted by molar-refractivity contribution is -0.384. The van der Waals surface area contributed by atoms with Gasteiger partial charge in [-0.3, -0.25) is 10.1 Å². The number of aromatic nitrogens is 1. The summed E-state index contributed by atoms with van der Waals surface area (Å²) >= 11 is 0. The molecular formula is C20H22N4O4. The maximum atomic E-state index is 11.0. The number of hydrogen-bond donors (Lipinski definition) is 0. The molecule has 0 radical (unpaired) electrons. The monoisotopic (exact) mass is 382 g/mol. The van der Waals surface area contributed by atoms with Gasteiger partial charge >= 0.3 is 0 Å². The summed E-state index contributed by atoms with van der Waals surface area (Å²) in [4.78, 5) is 17.3. The molecule has 1 aromatic heterocycles. The fourth-order valence-corrected chi connectivity index (χ4v) is 3.81. The molecule has 2 aliphatic rings. The van der Waals surface area contributed by atoms with Gasteiger partial charge in [-0.25, -0.2) is 4.98 Å². The second kappa shape index (κ2) is 8.09. The number of hydrogen-bond acceptors (Lipinski definition) is 7. The fourth-order valence-electron chi connectivity index (χ4n) is 3.81. The Labute approximate surface area is 162 Å². The summed E-state index contributed by atoms with van der Waals surface area (Å²) in [5, 5.41) is 21.0. The first-order valence-electron chi connectivity index (χ1n) is 9.57. The Bertz CT molecular complexity index is 912. The quantitative estimate of drug-likeness (QED) is 0.578. The lowest BCUT2D eigenvalue weighted by atomic mass is 10.1. The third-order valence-corrected chi connectivity index (χ3v) is 5.47. The highest BCUT2D eigenvalue weighted by atomic mass is 16.6. The maximum absolute atomic E-state index is 11.0. The van der Waals surface area contributed by atoms with Crippen LogP contribution in [0.4, 0.5) is 11.5 Å². The van der Waals surface area contributed by atoms with Crippen molar-refractivity contribution >= 4 is 22.4 Å². The van der Waals surface area contributed by atoms with E-state index in [1.165, 1.54) is 12.1 Å². The van der Waals surface area contributed by atoms with Crippen molar-refractivity contribution in [2.75, 3.05) is 37.8 Å². The first-order chi connectivity index (χ1) is 13.6. The third-order valence-electron chi connectivity index (χ3n) is 5.47. The molecule has 8 heteroatoms. The van der Waals surface area contributed by atoms with Gasteiger partial charge in [0.25, 0.3) is 5.69 Å². The Balaban J connectivity index is 1.45. The molecule has 0 aliphatic carbocycles. The van der Waals surface area contributed by atoms with Crippen LogP contribution in [0, 0.1) is 27.4 Å². The van der Waals surface area contributed by atoms with E-state index in [-0.39, 0.29) is 11.8 Å². The number of nitro benzene ring substituents is 1. The van der Waals surface area contributed by atoms with Gasteiger partial charge in [-0.1, -0.05) is 0 Å². The molecule has 0 bridgehead atoms. The zero-order valence-corrected chi connectivity index (χ0v) is 15.5. The van der Waals surface area contributed by atoms with E-state index in [9.17, 15) is 15.4 Å². The van der Waals surface area contributed by atoms with Gasteiger partial charge in [0.1, 0.15) is 5.82 Å². The van der Waals surface area contributed by atoms with Crippen LogP contribution >= 0.6 is 0 Å². The van der Waals surface area contributed by atoms with Crippen LogP contribution in [0.3, 0.4) is 0 Å². The van der Waals surface area contributed by atoms with Crippen molar-refractivity contribution in [3.63, 3.8) is 0 Å². The number of non-ortho nitro benzene ring substituents is 1. The van der Waals surface area contributed by atoms with Gasteiger partial charge < -0.3 is 14.4 Å². The molecule has 146 valence electrons. The number of ether oxygens (including phenoxy) is 2. The maximum Gasteiger partial charge on any atom is 0.270 e. The minimum atomic E-state index is -0.461. The van der Waals surface area contributed by atoms with Gasteiger partial charge in [-0.15, -0.1) is 0 Å². The number of piperidine rings is 1. The molecule has 28 heavy (non-hydrogen) atoms. The number of nitrogens with zero attached hydrogens (tertiary/aromatic N) is 4. The van der Waals surface area contributed by atoms with E-state index in [2.05, 4.69) is 16.0 Å². The van der Waals surface area contributed by atoms with E-state index in [1.807, 2.05) is 0 Å². The molecule has 0 saturated carbocycles.